The number of aromatic nitrogens is 3. The maximum Gasteiger partial charge on any atom is 0.325 e. The van der Waals surface area contributed by atoms with Gasteiger partial charge in [-0.1, -0.05) is 30.3 Å². The molecule has 1 aromatic carbocycles. The highest BCUT2D eigenvalue weighted by molar-refractivity contribution is 5.27. The van der Waals surface area contributed by atoms with Crippen molar-refractivity contribution in [1.29, 1.82) is 0 Å². The summed E-state index contributed by atoms with van der Waals surface area (Å²) in [5, 5.41) is 2.87. The second kappa shape index (κ2) is 6.88. The molecule has 0 spiro atoms. The average Bonchev–Trinajstić information content (AvgIpc) is 2.47. The number of rotatable bonds is 6. The predicted octanol–water partition coefficient (Wildman–Crippen LogP) is 2.84. The molecule has 0 saturated heterocycles. The smallest absolute Gasteiger partial charge is 0.325 e. The summed E-state index contributed by atoms with van der Waals surface area (Å²) in [5.74, 6) is 0.413. The lowest BCUT2D eigenvalue weighted by molar-refractivity contribution is 0.189. The maximum absolute atomic E-state index is 5.78. The molecule has 1 atom stereocenters. The van der Waals surface area contributed by atoms with E-state index >= 15 is 0 Å². The van der Waals surface area contributed by atoms with Gasteiger partial charge in [0, 0.05) is 7.05 Å². The first-order valence-corrected chi connectivity index (χ1v) is 6.90. The summed E-state index contributed by atoms with van der Waals surface area (Å²) in [6.07, 6.45) is -0.179. The standard InChI is InChI=1S/C15H20N4O2/c1-10(2)20-14-17-13(16-4)18-15(19-14)21-11(3)12-8-6-5-7-9-12/h5-11H,1-4H3,(H,16,17,18,19). The van der Waals surface area contributed by atoms with Crippen LogP contribution >= 0.6 is 0 Å². The molecule has 2 rings (SSSR count). The SMILES string of the molecule is CNc1nc(OC(C)C)nc(OC(C)c2ccccc2)n1. The molecule has 112 valence electrons. The fraction of sp³-hybridized carbons (Fsp3) is 0.400. The Hall–Kier alpha value is -2.37. The van der Waals surface area contributed by atoms with Crippen molar-refractivity contribution < 1.29 is 9.47 Å². The monoisotopic (exact) mass is 288 g/mol. The van der Waals surface area contributed by atoms with Crippen LogP contribution in [0.4, 0.5) is 5.95 Å². The number of hydrogen-bond donors (Lipinski definition) is 1. The number of nitrogens with one attached hydrogen (secondary N) is 1. The molecule has 1 N–H and O–H groups in total. The molecule has 1 unspecified atom stereocenters. The van der Waals surface area contributed by atoms with E-state index < -0.39 is 0 Å². The van der Waals surface area contributed by atoms with E-state index in [1.165, 1.54) is 0 Å². The summed E-state index contributed by atoms with van der Waals surface area (Å²) in [4.78, 5) is 12.5. The number of nitrogens with zero attached hydrogens (tertiary/aromatic N) is 3. The van der Waals surface area contributed by atoms with Crippen LogP contribution in [0.15, 0.2) is 30.3 Å². The lowest BCUT2D eigenvalue weighted by Crippen LogP contribution is -2.12. The van der Waals surface area contributed by atoms with Crippen molar-refractivity contribution in [3.63, 3.8) is 0 Å². The van der Waals surface area contributed by atoms with Gasteiger partial charge in [0.15, 0.2) is 0 Å². The number of anilines is 1. The van der Waals surface area contributed by atoms with Gasteiger partial charge in [0.1, 0.15) is 6.10 Å². The van der Waals surface area contributed by atoms with Crippen LogP contribution in [0.1, 0.15) is 32.4 Å². The first-order valence-electron chi connectivity index (χ1n) is 6.90. The quantitative estimate of drug-likeness (QED) is 0.881. The number of hydrogen-bond acceptors (Lipinski definition) is 6. The minimum Gasteiger partial charge on any atom is -0.461 e. The Balaban J connectivity index is 2.18. The molecule has 0 fully saturated rings. The third-order valence-corrected chi connectivity index (χ3v) is 2.71. The summed E-state index contributed by atoms with van der Waals surface area (Å²) in [7, 11) is 1.74. The Morgan fingerprint density at radius 2 is 1.52 bits per heavy atom. The molecule has 6 nitrogen and oxygen atoms in total. The molecule has 1 heterocycles. The summed E-state index contributed by atoms with van der Waals surface area (Å²) in [5.41, 5.74) is 1.05. The van der Waals surface area contributed by atoms with Gasteiger partial charge in [-0.05, 0) is 26.3 Å². The van der Waals surface area contributed by atoms with E-state index in [0.29, 0.717) is 5.95 Å². The third kappa shape index (κ3) is 4.30. The lowest BCUT2D eigenvalue weighted by atomic mass is 10.1. The van der Waals surface area contributed by atoms with Crippen LogP contribution in [-0.4, -0.2) is 28.1 Å². The minimum absolute atomic E-state index is 0.0171. The van der Waals surface area contributed by atoms with Gasteiger partial charge >= 0.3 is 12.0 Å². The van der Waals surface area contributed by atoms with Crippen LogP contribution in [0.3, 0.4) is 0 Å². The second-order valence-corrected chi connectivity index (χ2v) is 4.81. The van der Waals surface area contributed by atoms with E-state index in [-0.39, 0.29) is 24.2 Å². The first-order chi connectivity index (χ1) is 10.1. The zero-order valence-electron chi connectivity index (χ0n) is 12.7. The van der Waals surface area contributed by atoms with Crippen LogP contribution in [0.25, 0.3) is 0 Å². The number of benzene rings is 1. The molecule has 2 aromatic rings. The van der Waals surface area contributed by atoms with E-state index in [9.17, 15) is 0 Å². The third-order valence-electron chi connectivity index (χ3n) is 2.71. The van der Waals surface area contributed by atoms with Crippen molar-refractivity contribution in [2.75, 3.05) is 12.4 Å². The van der Waals surface area contributed by atoms with E-state index in [2.05, 4.69) is 20.3 Å². The summed E-state index contributed by atoms with van der Waals surface area (Å²) < 4.78 is 11.3. The van der Waals surface area contributed by atoms with Gasteiger partial charge in [0.2, 0.25) is 5.95 Å². The van der Waals surface area contributed by atoms with Crippen LogP contribution < -0.4 is 14.8 Å². The lowest BCUT2D eigenvalue weighted by Gasteiger charge is -2.15. The van der Waals surface area contributed by atoms with Crippen molar-refractivity contribution in [2.24, 2.45) is 0 Å². The van der Waals surface area contributed by atoms with Crippen LogP contribution in [0.5, 0.6) is 12.0 Å². The molecule has 0 aliphatic heterocycles. The Kier molecular flexibility index (Phi) is 4.92. The molecule has 0 aliphatic rings. The van der Waals surface area contributed by atoms with Gasteiger partial charge in [-0.25, -0.2) is 0 Å². The molecule has 0 bridgehead atoms. The first kappa shape index (κ1) is 15.0. The average molecular weight is 288 g/mol. The van der Waals surface area contributed by atoms with Gasteiger partial charge in [0.25, 0.3) is 0 Å². The normalized spacial score (nSPS) is 12.0. The highest BCUT2D eigenvalue weighted by Crippen LogP contribution is 2.21. The minimum atomic E-state index is -0.162. The summed E-state index contributed by atoms with van der Waals surface area (Å²) in [6, 6.07) is 10.4. The summed E-state index contributed by atoms with van der Waals surface area (Å²) in [6.45, 7) is 5.77. The van der Waals surface area contributed by atoms with Crippen molar-refractivity contribution in [3.05, 3.63) is 35.9 Å². The van der Waals surface area contributed by atoms with Crippen LogP contribution in [0, 0.1) is 0 Å². The fourth-order valence-corrected chi connectivity index (χ4v) is 1.72. The van der Waals surface area contributed by atoms with Crippen molar-refractivity contribution in [1.82, 2.24) is 15.0 Å². The van der Waals surface area contributed by atoms with Crippen molar-refractivity contribution in [2.45, 2.75) is 33.0 Å². The zero-order valence-corrected chi connectivity index (χ0v) is 12.7. The Labute approximate surface area is 124 Å². The zero-order chi connectivity index (χ0) is 15.2. The Bertz CT molecular complexity index is 575. The van der Waals surface area contributed by atoms with E-state index in [0.717, 1.165) is 5.56 Å². The Morgan fingerprint density at radius 3 is 2.10 bits per heavy atom. The van der Waals surface area contributed by atoms with Crippen molar-refractivity contribution >= 4 is 5.95 Å². The molecule has 0 radical (unpaired) electrons. The van der Waals surface area contributed by atoms with Gasteiger partial charge < -0.3 is 14.8 Å². The van der Waals surface area contributed by atoms with Crippen molar-refractivity contribution in [3.8, 4) is 12.0 Å². The summed E-state index contributed by atoms with van der Waals surface area (Å²) >= 11 is 0. The predicted molar refractivity (Wildman–Crippen MR) is 80.6 cm³/mol. The van der Waals surface area contributed by atoms with E-state index in [1.54, 1.807) is 7.05 Å². The number of ether oxygens (including phenoxy) is 2. The van der Waals surface area contributed by atoms with E-state index in [1.807, 2.05) is 51.1 Å². The fourth-order valence-electron chi connectivity index (χ4n) is 1.72. The van der Waals surface area contributed by atoms with E-state index in [4.69, 9.17) is 9.47 Å². The molecular formula is C15H20N4O2. The molecule has 21 heavy (non-hydrogen) atoms. The molecule has 0 amide bonds. The molecule has 0 saturated carbocycles. The highest BCUT2D eigenvalue weighted by Gasteiger charge is 2.13. The van der Waals surface area contributed by atoms with Gasteiger partial charge in [-0.3, -0.25) is 0 Å². The second-order valence-electron chi connectivity index (χ2n) is 4.81. The Morgan fingerprint density at radius 1 is 0.905 bits per heavy atom. The van der Waals surface area contributed by atoms with Crippen LogP contribution in [-0.2, 0) is 0 Å². The van der Waals surface area contributed by atoms with Crippen LogP contribution in [0.2, 0.25) is 0 Å². The van der Waals surface area contributed by atoms with Gasteiger partial charge in [0.05, 0.1) is 6.10 Å². The topological polar surface area (TPSA) is 69.2 Å². The van der Waals surface area contributed by atoms with Gasteiger partial charge in [-0.15, -0.1) is 4.98 Å². The highest BCUT2D eigenvalue weighted by atomic mass is 16.5. The molecule has 1 aromatic heterocycles. The molecule has 6 heteroatoms. The molecule has 0 aliphatic carbocycles. The largest absolute Gasteiger partial charge is 0.461 e. The maximum atomic E-state index is 5.78. The molecular weight excluding hydrogens is 268 g/mol. The van der Waals surface area contributed by atoms with Gasteiger partial charge in [-0.2, -0.15) is 9.97 Å².